The van der Waals surface area contributed by atoms with Gasteiger partial charge in [0.25, 0.3) is 0 Å². The summed E-state index contributed by atoms with van der Waals surface area (Å²) in [5.74, 6) is -2.23. The molecule has 152 valence electrons. The van der Waals surface area contributed by atoms with Crippen LogP contribution in [0.1, 0.15) is 23.1 Å². The molecule has 0 spiro atoms. The number of methoxy groups -OCH3 is 1. The Kier molecular flexibility index (Phi) is 5.63. The number of esters is 2. The molecule has 0 aromatic heterocycles. The quantitative estimate of drug-likeness (QED) is 0.354. The molecular formula is C25H22O5. The number of carbonyl (C=O) groups is 2. The molecule has 5 nitrogen and oxygen atoms in total. The second-order valence-electron chi connectivity index (χ2n) is 7.08. The summed E-state index contributed by atoms with van der Waals surface area (Å²) in [7, 11) is 1.26. The second kappa shape index (κ2) is 8.51. The third kappa shape index (κ3) is 3.60. The first-order chi connectivity index (χ1) is 14.6. The Morgan fingerprint density at radius 1 is 0.833 bits per heavy atom. The van der Waals surface area contributed by atoms with E-state index < -0.39 is 29.7 Å². The van der Waals surface area contributed by atoms with Gasteiger partial charge in [-0.15, -0.1) is 0 Å². The zero-order chi connectivity index (χ0) is 21.0. The van der Waals surface area contributed by atoms with Crippen molar-refractivity contribution in [2.75, 3.05) is 7.11 Å². The molecule has 0 aliphatic carbocycles. The fourth-order valence-electron chi connectivity index (χ4n) is 3.88. The fraction of sp³-hybridized carbons (Fsp3) is 0.200. The van der Waals surface area contributed by atoms with Gasteiger partial charge in [0, 0.05) is 6.42 Å². The van der Waals surface area contributed by atoms with Gasteiger partial charge in [-0.05, 0) is 16.7 Å². The number of carbonyl (C=O) groups excluding carboxylic acids is 2. The van der Waals surface area contributed by atoms with Crippen molar-refractivity contribution in [3.05, 3.63) is 108 Å². The molecule has 3 aromatic rings. The van der Waals surface area contributed by atoms with Gasteiger partial charge in [0.05, 0.1) is 7.11 Å². The molecule has 0 unspecified atom stereocenters. The van der Waals surface area contributed by atoms with Crippen molar-refractivity contribution in [3.63, 3.8) is 0 Å². The molecule has 1 aliphatic rings. The largest absolute Gasteiger partial charge is 0.468 e. The smallest absolute Gasteiger partial charge is 0.322 e. The van der Waals surface area contributed by atoms with Gasteiger partial charge in [-0.3, -0.25) is 9.59 Å². The summed E-state index contributed by atoms with van der Waals surface area (Å²) in [6.45, 7) is 0. The minimum absolute atomic E-state index is 0.0970. The summed E-state index contributed by atoms with van der Waals surface area (Å²) in [6, 6.07) is 29.3. The van der Waals surface area contributed by atoms with Crippen molar-refractivity contribution in [2.24, 2.45) is 5.92 Å². The van der Waals surface area contributed by atoms with Crippen LogP contribution in [0.4, 0.5) is 0 Å². The van der Waals surface area contributed by atoms with E-state index >= 15 is 0 Å². The van der Waals surface area contributed by atoms with E-state index in [1.165, 1.54) is 7.11 Å². The lowest BCUT2D eigenvalue weighted by Gasteiger charge is -2.37. The van der Waals surface area contributed by atoms with Crippen LogP contribution >= 0.6 is 0 Å². The van der Waals surface area contributed by atoms with Crippen LogP contribution in [-0.4, -0.2) is 25.3 Å². The predicted molar refractivity (Wildman–Crippen MR) is 110 cm³/mol. The molecule has 1 aliphatic heterocycles. The van der Waals surface area contributed by atoms with Crippen LogP contribution in [0.3, 0.4) is 0 Å². The lowest BCUT2D eigenvalue weighted by Crippen LogP contribution is -2.37. The van der Waals surface area contributed by atoms with Gasteiger partial charge in [0.15, 0.2) is 5.92 Å². The van der Waals surface area contributed by atoms with E-state index in [2.05, 4.69) is 0 Å². The zero-order valence-corrected chi connectivity index (χ0v) is 16.6. The third-order valence-corrected chi connectivity index (χ3v) is 5.30. The normalized spacial score (nSPS) is 18.6. The maximum Gasteiger partial charge on any atom is 0.322 e. The van der Waals surface area contributed by atoms with Crippen LogP contribution in [0.2, 0.25) is 0 Å². The molecule has 0 radical (unpaired) electrons. The summed E-state index contributed by atoms with van der Waals surface area (Å²) in [5.41, 5.74) is 1.64. The van der Waals surface area contributed by atoms with E-state index in [-0.39, 0.29) is 6.42 Å². The summed E-state index contributed by atoms with van der Waals surface area (Å²) < 4.78 is 16.8. The first kappa shape index (κ1) is 19.9. The van der Waals surface area contributed by atoms with Crippen molar-refractivity contribution in [1.82, 2.24) is 0 Å². The number of rotatable bonds is 6. The van der Waals surface area contributed by atoms with Gasteiger partial charge in [0.2, 0.25) is 6.29 Å². The SMILES string of the molecule is COC(=O)[C@H]1C[C@H](OC(c2ccccc2)(c2ccccc2)c2ccccc2)OC1=O. The number of hydrogen-bond donors (Lipinski definition) is 0. The average Bonchev–Trinajstić information content (AvgIpc) is 3.18. The summed E-state index contributed by atoms with van der Waals surface area (Å²) in [5, 5.41) is 0. The highest BCUT2D eigenvalue weighted by Crippen LogP contribution is 2.43. The average molecular weight is 402 g/mol. The standard InChI is InChI=1S/C25H22O5/c1-28-23(26)21-17-22(29-24(21)27)30-25(18-11-5-2-6-12-18,19-13-7-3-8-14-19)20-15-9-4-10-16-20/h2-16,21-22H,17H2,1H3/t21-,22+/m1/s1. The molecule has 3 aromatic carbocycles. The Labute approximate surface area is 175 Å². The maximum absolute atomic E-state index is 12.3. The van der Waals surface area contributed by atoms with Gasteiger partial charge in [-0.25, -0.2) is 0 Å². The molecule has 30 heavy (non-hydrogen) atoms. The summed E-state index contributed by atoms with van der Waals surface area (Å²) >= 11 is 0. The van der Waals surface area contributed by atoms with Crippen molar-refractivity contribution in [1.29, 1.82) is 0 Å². The van der Waals surface area contributed by atoms with E-state index in [1.54, 1.807) is 0 Å². The number of cyclic esters (lactones) is 1. The highest BCUT2D eigenvalue weighted by molar-refractivity contribution is 5.96. The van der Waals surface area contributed by atoms with Crippen LogP contribution < -0.4 is 0 Å². The second-order valence-corrected chi connectivity index (χ2v) is 7.08. The minimum atomic E-state index is -1.03. The lowest BCUT2D eigenvalue weighted by atomic mass is 9.80. The Morgan fingerprint density at radius 3 is 1.67 bits per heavy atom. The zero-order valence-electron chi connectivity index (χ0n) is 16.6. The minimum Gasteiger partial charge on any atom is -0.468 e. The van der Waals surface area contributed by atoms with E-state index in [9.17, 15) is 9.59 Å². The van der Waals surface area contributed by atoms with E-state index in [4.69, 9.17) is 14.2 Å². The predicted octanol–water partition coefficient (Wildman–Crippen LogP) is 4.06. The van der Waals surface area contributed by atoms with Crippen molar-refractivity contribution in [2.45, 2.75) is 18.3 Å². The molecule has 4 rings (SSSR count). The maximum atomic E-state index is 12.3. The monoisotopic (exact) mass is 402 g/mol. The van der Waals surface area contributed by atoms with Crippen LogP contribution in [0, 0.1) is 5.92 Å². The van der Waals surface area contributed by atoms with Gasteiger partial charge >= 0.3 is 11.9 Å². The van der Waals surface area contributed by atoms with Crippen LogP contribution in [0.5, 0.6) is 0 Å². The highest BCUT2D eigenvalue weighted by Gasteiger charge is 2.47. The van der Waals surface area contributed by atoms with Crippen molar-refractivity contribution in [3.8, 4) is 0 Å². The van der Waals surface area contributed by atoms with Crippen LogP contribution in [0.25, 0.3) is 0 Å². The summed E-state index contributed by atoms with van der Waals surface area (Å²) in [4.78, 5) is 24.2. The van der Waals surface area contributed by atoms with Gasteiger partial charge in [-0.1, -0.05) is 91.0 Å². The Balaban J connectivity index is 1.84. The van der Waals surface area contributed by atoms with Gasteiger partial charge in [0.1, 0.15) is 5.60 Å². The molecule has 0 N–H and O–H groups in total. The molecule has 1 heterocycles. The van der Waals surface area contributed by atoms with E-state index in [0.29, 0.717) is 0 Å². The van der Waals surface area contributed by atoms with Gasteiger partial charge in [-0.2, -0.15) is 0 Å². The Bertz CT molecular complexity index is 905. The number of benzene rings is 3. The topological polar surface area (TPSA) is 61.8 Å². The molecule has 0 saturated carbocycles. The van der Waals surface area contributed by atoms with Crippen LogP contribution in [0.15, 0.2) is 91.0 Å². The molecule has 1 fully saturated rings. The van der Waals surface area contributed by atoms with Crippen molar-refractivity contribution < 1.29 is 23.8 Å². The molecule has 5 heteroatoms. The Morgan fingerprint density at radius 2 is 1.27 bits per heavy atom. The molecule has 1 saturated heterocycles. The molecule has 0 amide bonds. The number of ether oxygens (including phenoxy) is 3. The van der Waals surface area contributed by atoms with Gasteiger partial charge < -0.3 is 14.2 Å². The molecule has 2 atom stereocenters. The summed E-state index contributed by atoms with van der Waals surface area (Å²) in [6.07, 6.45) is -0.804. The van der Waals surface area contributed by atoms with Crippen LogP contribution in [-0.2, 0) is 29.4 Å². The number of hydrogen-bond acceptors (Lipinski definition) is 5. The van der Waals surface area contributed by atoms with E-state index in [0.717, 1.165) is 16.7 Å². The van der Waals surface area contributed by atoms with E-state index in [1.807, 2.05) is 91.0 Å². The first-order valence-corrected chi connectivity index (χ1v) is 9.78. The van der Waals surface area contributed by atoms with Crippen molar-refractivity contribution >= 4 is 11.9 Å². The lowest BCUT2D eigenvalue weighted by molar-refractivity contribution is -0.182. The molecular weight excluding hydrogens is 380 g/mol. The first-order valence-electron chi connectivity index (χ1n) is 9.78. The fourth-order valence-corrected chi connectivity index (χ4v) is 3.88. The highest BCUT2D eigenvalue weighted by atomic mass is 16.7. The Hall–Kier alpha value is -3.44. The molecule has 0 bridgehead atoms. The third-order valence-electron chi connectivity index (χ3n) is 5.30.